The highest BCUT2D eigenvalue weighted by molar-refractivity contribution is 4.99. The van der Waals surface area contributed by atoms with Crippen molar-refractivity contribution >= 4 is 0 Å². The molecule has 0 fully saturated rings. The molecule has 1 aromatic rings. The molecule has 0 aliphatic heterocycles. The van der Waals surface area contributed by atoms with Crippen LogP contribution in [0.1, 0.15) is 11.5 Å². The van der Waals surface area contributed by atoms with Gasteiger partial charge in [0.25, 0.3) is 0 Å². The summed E-state index contributed by atoms with van der Waals surface area (Å²) >= 11 is 0. The summed E-state index contributed by atoms with van der Waals surface area (Å²) in [6.07, 6.45) is -3.23. The molecule has 1 aromatic heterocycles. The molecule has 0 saturated heterocycles. The van der Waals surface area contributed by atoms with Crippen LogP contribution < -0.4 is 0 Å². The van der Waals surface area contributed by atoms with Crippen molar-refractivity contribution < 1.29 is 17.9 Å². The predicted molar refractivity (Wildman–Crippen MR) is 37.6 cm³/mol. The minimum absolute atomic E-state index is 0.213. The lowest BCUT2D eigenvalue weighted by molar-refractivity contribution is -0.330. The third kappa shape index (κ3) is 3.84. The van der Waals surface area contributed by atoms with E-state index in [0.29, 0.717) is 5.82 Å². The van der Waals surface area contributed by atoms with Crippen LogP contribution in [0.15, 0.2) is 12.3 Å². The first-order valence-electron chi connectivity index (χ1n) is 3.46. The van der Waals surface area contributed by atoms with Gasteiger partial charge in [-0.05, 0) is 13.0 Å². The molecule has 0 spiro atoms. The van der Waals surface area contributed by atoms with Gasteiger partial charge in [-0.15, -0.1) is 13.2 Å². The summed E-state index contributed by atoms with van der Waals surface area (Å²) in [5.74, 6) is 0.420. The lowest BCUT2D eigenvalue weighted by Gasteiger charge is -2.06. The van der Waals surface area contributed by atoms with Gasteiger partial charge < -0.3 is 0 Å². The van der Waals surface area contributed by atoms with Crippen molar-refractivity contribution in [2.45, 2.75) is 19.9 Å². The van der Waals surface area contributed by atoms with Gasteiger partial charge in [0.05, 0.1) is 12.3 Å². The quantitative estimate of drug-likeness (QED) is 0.716. The Morgan fingerprint density at radius 1 is 1.46 bits per heavy atom. The molecule has 1 heterocycles. The first-order chi connectivity index (χ1) is 5.97. The number of halogens is 3. The molecule has 0 unspecified atom stereocenters. The lowest BCUT2D eigenvalue weighted by atomic mass is 10.4. The highest BCUT2D eigenvalue weighted by Gasteiger charge is 2.29. The van der Waals surface area contributed by atoms with E-state index in [9.17, 15) is 13.2 Å². The summed E-state index contributed by atoms with van der Waals surface area (Å²) < 4.78 is 38.3. The molecule has 0 aromatic carbocycles. The zero-order chi connectivity index (χ0) is 9.90. The van der Waals surface area contributed by atoms with Crippen LogP contribution in [0.4, 0.5) is 13.2 Å². The van der Waals surface area contributed by atoms with E-state index in [0.717, 1.165) is 0 Å². The van der Waals surface area contributed by atoms with Gasteiger partial charge in [-0.2, -0.15) is 0 Å². The molecule has 13 heavy (non-hydrogen) atoms. The molecule has 0 aliphatic carbocycles. The van der Waals surface area contributed by atoms with E-state index in [1.165, 1.54) is 12.3 Å². The summed E-state index contributed by atoms with van der Waals surface area (Å²) in [6, 6.07) is 1.37. The van der Waals surface area contributed by atoms with Crippen LogP contribution in [-0.2, 0) is 11.3 Å². The van der Waals surface area contributed by atoms with Gasteiger partial charge in [-0.25, -0.2) is 9.97 Å². The van der Waals surface area contributed by atoms with Crippen molar-refractivity contribution in [1.29, 1.82) is 0 Å². The molecule has 0 aliphatic rings. The van der Waals surface area contributed by atoms with Crippen LogP contribution >= 0.6 is 0 Å². The topological polar surface area (TPSA) is 35.0 Å². The summed E-state index contributed by atoms with van der Waals surface area (Å²) in [6.45, 7) is 1.02. The van der Waals surface area contributed by atoms with Crippen molar-refractivity contribution in [2.75, 3.05) is 0 Å². The van der Waals surface area contributed by atoms with E-state index in [1.54, 1.807) is 6.92 Å². The molecule has 3 nitrogen and oxygen atoms in total. The summed E-state index contributed by atoms with van der Waals surface area (Å²) in [7, 11) is 0. The van der Waals surface area contributed by atoms with Crippen molar-refractivity contribution in [3.05, 3.63) is 23.8 Å². The fourth-order valence-electron chi connectivity index (χ4n) is 0.741. The van der Waals surface area contributed by atoms with Gasteiger partial charge in [0, 0.05) is 6.20 Å². The van der Waals surface area contributed by atoms with Crippen molar-refractivity contribution in [1.82, 2.24) is 9.97 Å². The van der Waals surface area contributed by atoms with E-state index < -0.39 is 13.0 Å². The van der Waals surface area contributed by atoms with E-state index in [1.807, 2.05) is 0 Å². The van der Waals surface area contributed by atoms with Crippen LogP contribution in [0.3, 0.4) is 0 Å². The highest BCUT2D eigenvalue weighted by Crippen LogP contribution is 2.17. The van der Waals surface area contributed by atoms with Crippen LogP contribution in [-0.4, -0.2) is 16.3 Å². The fourth-order valence-corrected chi connectivity index (χ4v) is 0.741. The Labute approximate surface area is 72.6 Å². The minimum atomic E-state index is -4.61. The van der Waals surface area contributed by atoms with Gasteiger partial charge in [0.15, 0.2) is 0 Å². The SMILES string of the molecule is Cc1nccc(COC(F)(F)F)n1. The first kappa shape index (κ1) is 9.91. The van der Waals surface area contributed by atoms with Gasteiger partial charge >= 0.3 is 6.36 Å². The molecule has 0 saturated carbocycles. The average Bonchev–Trinajstić information content (AvgIpc) is 2.00. The van der Waals surface area contributed by atoms with E-state index in [4.69, 9.17) is 0 Å². The number of nitrogens with zero attached hydrogens (tertiary/aromatic N) is 2. The Balaban J connectivity index is 2.55. The third-order valence-electron chi connectivity index (χ3n) is 1.22. The molecule has 0 radical (unpaired) electrons. The minimum Gasteiger partial charge on any atom is -0.285 e. The number of aryl methyl sites for hydroxylation is 1. The summed E-state index contributed by atoms with van der Waals surface area (Å²) in [5.41, 5.74) is 0.213. The van der Waals surface area contributed by atoms with Crippen LogP contribution in [0, 0.1) is 6.92 Å². The number of rotatable bonds is 2. The second-order valence-corrected chi connectivity index (χ2v) is 2.33. The Kier molecular flexibility index (Phi) is 2.82. The largest absolute Gasteiger partial charge is 0.522 e. The van der Waals surface area contributed by atoms with Crippen LogP contribution in [0.25, 0.3) is 0 Å². The summed E-state index contributed by atoms with van der Waals surface area (Å²) in [5, 5.41) is 0. The normalized spacial score (nSPS) is 11.7. The van der Waals surface area contributed by atoms with E-state index in [2.05, 4.69) is 14.7 Å². The average molecular weight is 192 g/mol. The van der Waals surface area contributed by atoms with Crippen LogP contribution in [0.5, 0.6) is 0 Å². The Morgan fingerprint density at radius 2 is 2.15 bits per heavy atom. The number of alkyl halides is 3. The zero-order valence-corrected chi connectivity index (χ0v) is 6.80. The molecule has 1 rings (SSSR count). The first-order valence-corrected chi connectivity index (χ1v) is 3.46. The van der Waals surface area contributed by atoms with E-state index >= 15 is 0 Å². The molecule has 6 heteroatoms. The molecular weight excluding hydrogens is 185 g/mol. The fraction of sp³-hybridized carbons (Fsp3) is 0.429. The number of aromatic nitrogens is 2. The van der Waals surface area contributed by atoms with Crippen molar-refractivity contribution in [3.8, 4) is 0 Å². The monoisotopic (exact) mass is 192 g/mol. The number of hydrogen-bond acceptors (Lipinski definition) is 3. The van der Waals surface area contributed by atoms with Gasteiger partial charge in [0.1, 0.15) is 5.82 Å². The smallest absolute Gasteiger partial charge is 0.285 e. The number of ether oxygens (including phenoxy) is 1. The van der Waals surface area contributed by atoms with Crippen LogP contribution in [0.2, 0.25) is 0 Å². The maximum Gasteiger partial charge on any atom is 0.522 e. The molecule has 0 atom stereocenters. The van der Waals surface area contributed by atoms with Gasteiger partial charge in [-0.3, -0.25) is 4.74 Å². The zero-order valence-electron chi connectivity index (χ0n) is 6.80. The third-order valence-corrected chi connectivity index (χ3v) is 1.22. The second-order valence-electron chi connectivity index (χ2n) is 2.33. The molecule has 0 amide bonds. The maximum absolute atomic E-state index is 11.6. The second kappa shape index (κ2) is 3.69. The molecule has 0 N–H and O–H groups in total. The van der Waals surface area contributed by atoms with Gasteiger partial charge in [-0.1, -0.05) is 0 Å². The maximum atomic E-state index is 11.6. The predicted octanol–water partition coefficient (Wildman–Crippen LogP) is 1.82. The number of hydrogen-bond donors (Lipinski definition) is 0. The van der Waals surface area contributed by atoms with Crippen molar-refractivity contribution in [3.63, 3.8) is 0 Å². The Bertz CT molecular complexity index is 287. The molecule has 0 bridgehead atoms. The standard InChI is InChI=1S/C7H7F3N2O/c1-5-11-3-2-6(12-5)4-13-7(8,9)10/h2-3H,4H2,1H3. The Hall–Kier alpha value is -1.17. The highest BCUT2D eigenvalue weighted by atomic mass is 19.4. The lowest BCUT2D eigenvalue weighted by Crippen LogP contribution is -2.13. The Morgan fingerprint density at radius 3 is 2.69 bits per heavy atom. The molecule has 72 valence electrons. The molecular formula is C7H7F3N2O. The van der Waals surface area contributed by atoms with Crippen molar-refractivity contribution in [2.24, 2.45) is 0 Å². The van der Waals surface area contributed by atoms with Gasteiger partial charge in [0.2, 0.25) is 0 Å². The van der Waals surface area contributed by atoms with E-state index in [-0.39, 0.29) is 5.69 Å². The summed E-state index contributed by atoms with van der Waals surface area (Å²) in [4.78, 5) is 7.48.